The predicted octanol–water partition coefficient (Wildman–Crippen LogP) is -2.75. The Morgan fingerprint density at radius 3 is 1.87 bits per heavy atom. The summed E-state index contributed by atoms with van der Waals surface area (Å²) in [6.07, 6.45) is 2.08. The molecule has 4 aliphatic heterocycles. The minimum atomic E-state index is 0. The maximum absolute atomic E-state index is 5.61. The van der Waals surface area contributed by atoms with Gasteiger partial charge in [0.1, 0.15) is 26.6 Å². The first-order valence-corrected chi connectivity index (χ1v) is 5.51. The first kappa shape index (κ1) is 11.6. The molecule has 86 valence electrons. The minimum Gasteiger partial charge on any atom is -1.00 e. The van der Waals surface area contributed by atoms with Crippen molar-refractivity contribution in [3.05, 3.63) is 11.6 Å². The Bertz CT molecular complexity index is 234. The molecule has 4 nitrogen and oxygen atoms in total. The van der Waals surface area contributed by atoms with E-state index in [1.54, 1.807) is 5.54 Å². The van der Waals surface area contributed by atoms with Gasteiger partial charge in [-0.05, 0) is 6.08 Å². The first-order chi connectivity index (χ1) is 6.80. The van der Waals surface area contributed by atoms with Gasteiger partial charge in [-0.1, -0.05) is 11.6 Å². The van der Waals surface area contributed by atoms with E-state index in [9.17, 15) is 0 Å². The molecular formula is C9H16Cl2N4. The lowest BCUT2D eigenvalue weighted by atomic mass is 10.3. The van der Waals surface area contributed by atoms with E-state index in [2.05, 4.69) is 20.8 Å². The number of halogens is 2. The Morgan fingerprint density at radius 2 is 1.47 bits per heavy atom. The van der Waals surface area contributed by atoms with Gasteiger partial charge in [-0.3, -0.25) is 4.48 Å². The lowest BCUT2D eigenvalue weighted by Crippen LogP contribution is -3.00. The van der Waals surface area contributed by atoms with E-state index in [4.69, 9.17) is 11.6 Å². The van der Waals surface area contributed by atoms with Gasteiger partial charge in [0.2, 0.25) is 0 Å². The molecule has 15 heavy (non-hydrogen) atoms. The van der Waals surface area contributed by atoms with Crippen LogP contribution in [0.5, 0.6) is 0 Å². The van der Waals surface area contributed by atoms with Crippen molar-refractivity contribution in [2.24, 2.45) is 0 Å². The summed E-state index contributed by atoms with van der Waals surface area (Å²) < 4.78 is 1.14. The van der Waals surface area contributed by atoms with Crippen molar-refractivity contribution < 1.29 is 16.9 Å². The highest BCUT2D eigenvalue weighted by molar-refractivity contribution is 6.25. The molecule has 0 unspecified atom stereocenters. The molecule has 0 spiro atoms. The molecule has 0 N–H and O–H groups in total. The molecule has 0 aliphatic carbocycles. The van der Waals surface area contributed by atoms with E-state index in [0.29, 0.717) is 0 Å². The fraction of sp³-hybridized carbons (Fsp3) is 0.778. The molecule has 4 aliphatic rings. The summed E-state index contributed by atoms with van der Waals surface area (Å²) in [7, 11) is 0. The van der Waals surface area contributed by atoms with Crippen molar-refractivity contribution in [1.82, 2.24) is 14.7 Å². The molecule has 0 aromatic heterocycles. The third-order valence-corrected chi connectivity index (χ3v) is 3.46. The monoisotopic (exact) mass is 250 g/mol. The molecule has 4 saturated heterocycles. The summed E-state index contributed by atoms with van der Waals surface area (Å²) in [5, 5.41) is 0. The third-order valence-electron chi connectivity index (χ3n) is 3.28. The Balaban J connectivity index is 0.000000853. The van der Waals surface area contributed by atoms with E-state index >= 15 is 0 Å². The molecule has 4 fully saturated rings. The highest BCUT2D eigenvalue weighted by atomic mass is 35.5. The van der Waals surface area contributed by atoms with Crippen molar-refractivity contribution >= 4 is 11.6 Å². The van der Waals surface area contributed by atoms with Gasteiger partial charge in [0.05, 0.1) is 20.0 Å². The Hall–Kier alpha value is 0.160. The predicted molar refractivity (Wildman–Crippen MR) is 54.8 cm³/mol. The van der Waals surface area contributed by atoms with Crippen molar-refractivity contribution in [3.8, 4) is 0 Å². The fourth-order valence-electron chi connectivity index (χ4n) is 3.09. The van der Waals surface area contributed by atoms with Crippen molar-refractivity contribution in [2.45, 2.75) is 0 Å². The molecular weight excluding hydrogens is 235 g/mol. The molecule has 0 amide bonds. The highest BCUT2D eigenvalue weighted by Crippen LogP contribution is 2.28. The van der Waals surface area contributed by atoms with Crippen LogP contribution in [-0.4, -0.2) is 65.7 Å². The third kappa shape index (κ3) is 2.02. The van der Waals surface area contributed by atoms with Crippen LogP contribution in [0.15, 0.2) is 11.6 Å². The number of hydrogen-bond acceptors (Lipinski definition) is 3. The number of hydrogen-bond donors (Lipinski definition) is 0. The van der Waals surface area contributed by atoms with Crippen LogP contribution in [0.4, 0.5) is 0 Å². The molecule has 0 aromatic rings. The van der Waals surface area contributed by atoms with Crippen LogP contribution in [-0.2, 0) is 0 Å². The topological polar surface area (TPSA) is 9.72 Å². The van der Waals surface area contributed by atoms with Crippen LogP contribution in [0.2, 0.25) is 0 Å². The second-order valence-corrected chi connectivity index (χ2v) is 5.00. The summed E-state index contributed by atoms with van der Waals surface area (Å²) in [4.78, 5) is 7.54. The summed E-state index contributed by atoms with van der Waals surface area (Å²) in [6, 6.07) is 0. The second-order valence-electron chi connectivity index (χ2n) is 4.75. The lowest BCUT2D eigenvalue weighted by Gasteiger charge is -2.60. The van der Waals surface area contributed by atoms with Gasteiger partial charge in [-0.2, -0.15) is 0 Å². The van der Waals surface area contributed by atoms with Gasteiger partial charge in [0, 0.05) is 5.54 Å². The standard InChI is InChI=1S/C9H16ClN4.ClH/c10-2-1-3-14-7-11-4-12(8-14)6-13(5-11)9-14;/h1-2H,3-9H2;1H/q+1;/p-1/b2-1-;. The second kappa shape index (κ2) is 4.20. The van der Waals surface area contributed by atoms with Gasteiger partial charge >= 0.3 is 0 Å². The van der Waals surface area contributed by atoms with Crippen LogP contribution in [0.1, 0.15) is 0 Å². The van der Waals surface area contributed by atoms with E-state index in [-0.39, 0.29) is 12.4 Å². The zero-order valence-electron chi connectivity index (χ0n) is 8.65. The summed E-state index contributed by atoms with van der Waals surface area (Å²) in [6.45, 7) is 8.09. The maximum Gasteiger partial charge on any atom is 0.139 e. The summed E-state index contributed by atoms with van der Waals surface area (Å²) in [5.74, 6) is 0. The largest absolute Gasteiger partial charge is 1.00 e. The van der Waals surface area contributed by atoms with Gasteiger partial charge < -0.3 is 12.4 Å². The lowest BCUT2D eigenvalue weighted by molar-refractivity contribution is -0.975. The Kier molecular flexibility index (Phi) is 3.26. The van der Waals surface area contributed by atoms with E-state index in [1.165, 1.54) is 20.0 Å². The molecule has 0 radical (unpaired) electrons. The molecule has 4 rings (SSSR count). The quantitative estimate of drug-likeness (QED) is 0.493. The van der Waals surface area contributed by atoms with Crippen LogP contribution in [0.25, 0.3) is 0 Å². The SMILES string of the molecule is Cl/C=C\C[N+]12CN3CN(CN(C3)C1)C2.[Cl-]. The van der Waals surface area contributed by atoms with Crippen molar-refractivity contribution in [2.75, 3.05) is 46.6 Å². The van der Waals surface area contributed by atoms with Gasteiger partial charge in [-0.25, -0.2) is 14.7 Å². The zero-order chi connectivity index (χ0) is 9.60. The number of rotatable bonds is 2. The van der Waals surface area contributed by atoms with Gasteiger partial charge in [0.15, 0.2) is 0 Å². The smallest absolute Gasteiger partial charge is 0.139 e. The van der Waals surface area contributed by atoms with E-state index in [1.807, 2.05) is 0 Å². The average molecular weight is 251 g/mol. The zero-order valence-corrected chi connectivity index (χ0v) is 10.2. The fourth-order valence-corrected chi connectivity index (χ4v) is 3.17. The normalized spacial score (nSPS) is 47.1. The van der Waals surface area contributed by atoms with Crippen LogP contribution in [0, 0.1) is 0 Å². The number of nitrogens with zero attached hydrogens (tertiary/aromatic N) is 4. The highest BCUT2D eigenvalue weighted by Gasteiger charge is 2.47. The Morgan fingerprint density at radius 1 is 1.00 bits per heavy atom. The summed E-state index contributed by atoms with van der Waals surface area (Å²) in [5.41, 5.74) is 1.65. The molecule has 0 saturated carbocycles. The maximum atomic E-state index is 5.61. The molecule has 0 atom stereocenters. The first-order valence-electron chi connectivity index (χ1n) is 5.07. The molecule has 4 heterocycles. The average Bonchev–Trinajstić information content (AvgIpc) is 2.12. The van der Waals surface area contributed by atoms with Gasteiger partial charge in [0.25, 0.3) is 0 Å². The molecule has 6 heteroatoms. The van der Waals surface area contributed by atoms with Gasteiger partial charge in [-0.15, -0.1) is 0 Å². The van der Waals surface area contributed by atoms with Crippen LogP contribution >= 0.6 is 11.6 Å². The Labute approximate surface area is 102 Å². The minimum absolute atomic E-state index is 0. The van der Waals surface area contributed by atoms with Crippen molar-refractivity contribution in [1.29, 1.82) is 0 Å². The van der Waals surface area contributed by atoms with Crippen LogP contribution in [0.3, 0.4) is 0 Å². The van der Waals surface area contributed by atoms with E-state index in [0.717, 1.165) is 31.0 Å². The molecule has 0 aromatic carbocycles. The summed E-state index contributed by atoms with van der Waals surface area (Å²) >= 11 is 5.61. The van der Waals surface area contributed by atoms with Crippen LogP contribution < -0.4 is 12.4 Å². The molecule has 4 bridgehead atoms. The van der Waals surface area contributed by atoms with E-state index < -0.39 is 0 Å². The van der Waals surface area contributed by atoms with Crippen molar-refractivity contribution in [3.63, 3.8) is 0 Å². The number of quaternary nitrogens is 1.